The number of hydrogen-bond acceptors (Lipinski definition) is 3. The van der Waals surface area contributed by atoms with E-state index in [0.717, 1.165) is 5.56 Å². The van der Waals surface area contributed by atoms with Crippen molar-refractivity contribution in [2.24, 2.45) is 5.92 Å². The number of ketones is 1. The van der Waals surface area contributed by atoms with Crippen LogP contribution in [-0.4, -0.2) is 24.8 Å². The fourth-order valence-electron chi connectivity index (χ4n) is 1.79. The molecule has 0 bridgehead atoms. The molecule has 6 heteroatoms. The maximum absolute atomic E-state index is 12.1. The summed E-state index contributed by atoms with van der Waals surface area (Å²) in [4.78, 5) is 22.9. The van der Waals surface area contributed by atoms with Crippen LogP contribution in [0.4, 0.5) is 13.6 Å². The molecule has 0 spiro atoms. The first-order valence-electron chi connectivity index (χ1n) is 6.71. The molecule has 0 aliphatic carbocycles. The number of carbonyl (C=O) groups is 2. The molecular weight excluding hydrogens is 280 g/mol. The Hall–Kier alpha value is -1.98. The van der Waals surface area contributed by atoms with Crippen LogP contribution in [0, 0.1) is 5.92 Å². The Balaban J connectivity index is 2.19. The summed E-state index contributed by atoms with van der Waals surface area (Å²) in [7, 11) is 0. The van der Waals surface area contributed by atoms with Crippen molar-refractivity contribution >= 4 is 11.9 Å². The third kappa shape index (κ3) is 8.02. The van der Waals surface area contributed by atoms with Crippen molar-refractivity contribution in [1.29, 1.82) is 0 Å². The molecule has 1 atom stereocenters. The number of Topliss-reactive ketones (excluding diaryl/α,β-unsaturated/α-hetero) is 1. The second-order valence-corrected chi connectivity index (χ2v) is 4.89. The number of benzene rings is 1. The number of hydrogen-bond donors (Lipinski definition) is 1. The molecule has 0 aromatic heterocycles. The highest BCUT2D eigenvalue weighted by atomic mass is 19.3. The summed E-state index contributed by atoms with van der Waals surface area (Å²) in [5.41, 5.74) is 0.838. The topological polar surface area (TPSA) is 55.4 Å². The summed E-state index contributed by atoms with van der Waals surface area (Å²) in [6.07, 6.45) is -3.42. The van der Waals surface area contributed by atoms with Crippen LogP contribution in [0.1, 0.15) is 25.3 Å². The SMILES string of the molecule is CC(CC(=O)CNC(=O)OCc1ccccc1)CC(F)F. The van der Waals surface area contributed by atoms with Gasteiger partial charge in [0.1, 0.15) is 6.61 Å². The van der Waals surface area contributed by atoms with Gasteiger partial charge in [0, 0.05) is 12.8 Å². The van der Waals surface area contributed by atoms with Gasteiger partial charge in [0.25, 0.3) is 0 Å². The van der Waals surface area contributed by atoms with Crippen molar-refractivity contribution in [1.82, 2.24) is 5.32 Å². The Labute approximate surface area is 122 Å². The van der Waals surface area contributed by atoms with Crippen molar-refractivity contribution in [3.8, 4) is 0 Å². The fourth-order valence-corrected chi connectivity index (χ4v) is 1.79. The van der Waals surface area contributed by atoms with E-state index in [1.165, 1.54) is 0 Å². The number of nitrogens with one attached hydrogen (secondary N) is 1. The van der Waals surface area contributed by atoms with E-state index in [2.05, 4.69) is 5.32 Å². The zero-order valence-electron chi connectivity index (χ0n) is 11.9. The standard InChI is InChI=1S/C15H19F2NO3/c1-11(8-14(16)17)7-13(19)9-18-15(20)21-10-12-5-3-2-4-6-12/h2-6,11,14H,7-10H2,1H3,(H,18,20). The van der Waals surface area contributed by atoms with Crippen LogP contribution in [0.3, 0.4) is 0 Å². The van der Waals surface area contributed by atoms with Gasteiger partial charge >= 0.3 is 6.09 Å². The molecule has 0 saturated carbocycles. The molecule has 21 heavy (non-hydrogen) atoms. The molecule has 1 aromatic rings. The minimum absolute atomic E-state index is 0.0172. The predicted octanol–water partition coefficient (Wildman–Crippen LogP) is 3.16. The molecule has 116 valence electrons. The summed E-state index contributed by atoms with van der Waals surface area (Å²) < 4.78 is 29.1. The molecule has 1 aromatic carbocycles. The minimum atomic E-state index is -2.42. The number of halogens is 2. The number of amides is 1. The van der Waals surface area contributed by atoms with Crippen molar-refractivity contribution < 1.29 is 23.1 Å². The lowest BCUT2D eigenvalue weighted by Gasteiger charge is -2.10. The summed E-state index contributed by atoms with van der Waals surface area (Å²) in [6.45, 7) is 1.49. The quantitative estimate of drug-likeness (QED) is 0.802. The van der Waals surface area contributed by atoms with E-state index < -0.39 is 18.4 Å². The first-order valence-corrected chi connectivity index (χ1v) is 6.71. The lowest BCUT2D eigenvalue weighted by molar-refractivity contribution is -0.119. The van der Waals surface area contributed by atoms with E-state index in [4.69, 9.17) is 4.74 Å². The molecule has 0 fully saturated rings. The monoisotopic (exact) mass is 299 g/mol. The highest BCUT2D eigenvalue weighted by Crippen LogP contribution is 2.13. The first kappa shape index (κ1) is 17.1. The summed E-state index contributed by atoms with van der Waals surface area (Å²) in [5, 5.41) is 2.31. The van der Waals surface area contributed by atoms with Crippen LogP contribution in [0.2, 0.25) is 0 Å². The van der Waals surface area contributed by atoms with Gasteiger partial charge in [-0.05, 0) is 11.5 Å². The average Bonchev–Trinajstić information content (AvgIpc) is 2.43. The first-order chi connectivity index (χ1) is 9.97. The molecule has 0 heterocycles. The van der Waals surface area contributed by atoms with Gasteiger partial charge in [-0.2, -0.15) is 0 Å². The Kier molecular flexibility index (Phi) is 7.36. The smallest absolute Gasteiger partial charge is 0.407 e. The van der Waals surface area contributed by atoms with Crippen LogP contribution in [-0.2, 0) is 16.1 Å². The molecule has 1 rings (SSSR count). The molecule has 1 amide bonds. The zero-order valence-corrected chi connectivity index (χ0v) is 11.9. The second kappa shape index (κ2) is 9.05. The van der Waals surface area contributed by atoms with E-state index >= 15 is 0 Å². The van der Waals surface area contributed by atoms with Crippen LogP contribution in [0.15, 0.2) is 30.3 Å². The normalized spacial score (nSPS) is 12.0. The van der Waals surface area contributed by atoms with E-state index in [-0.39, 0.29) is 31.8 Å². The Morgan fingerprint density at radius 3 is 2.52 bits per heavy atom. The van der Waals surface area contributed by atoms with Crippen molar-refractivity contribution in [2.75, 3.05) is 6.54 Å². The number of rotatable bonds is 8. The van der Waals surface area contributed by atoms with E-state index in [0.29, 0.717) is 0 Å². The summed E-state index contributed by atoms with van der Waals surface area (Å²) in [6, 6.07) is 9.12. The highest BCUT2D eigenvalue weighted by molar-refractivity contribution is 5.84. The molecule has 0 aliphatic heterocycles. The zero-order chi connectivity index (χ0) is 15.7. The van der Waals surface area contributed by atoms with Crippen LogP contribution in [0.5, 0.6) is 0 Å². The molecule has 4 nitrogen and oxygen atoms in total. The number of carbonyl (C=O) groups excluding carboxylic acids is 2. The minimum Gasteiger partial charge on any atom is -0.445 e. The molecule has 1 N–H and O–H groups in total. The van der Waals surface area contributed by atoms with Crippen LogP contribution < -0.4 is 5.32 Å². The summed E-state index contributed by atoms with van der Waals surface area (Å²) >= 11 is 0. The molecular formula is C15H19F2NO3. The highest BCUT2D eigenvalue weighted by Gasteiger charge is 2.15. The van der Waals surface area contributed by atoms with Gasteiger partial charge in [-0.15, -0.1) is 0 Å². The van der Waals surface area contributed by atoms with Crippen molar-refractivity contribution in [2.45, 2.75) is 32.8 Å². The third-order valence-corrected chi connectivity index (χ3v) is 2.80. The van der Waals surface area contributed by atoms with Crippen molar-refractivity contribution in [3.63, 3.8) is 0 Å². The van der Waals surface area contributed by atoms with Gasteiger partial charge < -0.3 is 10.1 Å². The Morgan fingerprint density at radius 1 is 1.24 bits per heavy atom. The average molecular weight is 299 g/mol. The predicted molar refractivity (Wildman–Crippen MR) is 74.0 cm³/mol. The van der Waals surface area contributed by atoms with Crippen LogP contribution >= 0.6 is 0 Å². The Bertz CT molecular complexity index is 451. The van der Waals surface area contributed by atoms with E-state index in [1.54, 1.807) is 6.92 Å². The number of alkyl halides is 2. The molecule has 1 unspecified atom stereocenters. The Morgan fingerprint density at radius 2 is 1.90 bits per heavy atom. The number of ether oxygens (including phenoxy) is 1. The van der Waals surface area contributed by atoms with Gasteiger partial charge in [-0.1, -0.05) is 37.3 Å². The van der Waals surface area contributed by atoms with Crippen LogP contribution in [0.25, 0.3) is 0 Å². The van der Waals surface area contributed by atoms with Gasteiger partial charge in [-0.3, -0.25) is 4.79 Å². The molecule has 0 aliphatic rings. The van der Waals surface area contributed by atoms with Gasteiger partial charge in [-0.25, -0.2) is 13.6 Å². The van der Waals surface area contributed by atoms with E-state index in [1.807, 2.05) is 30.3 Å². The number of alkyl carbamates (subject to hydrolysis) is 1. The lowest BCUT2D eigenvalue weighted by atomic mass is 10.0. The largest absolute Gasteiger partial charge is 0.445 e. The lowest BCUT2D eigenvalue weighted by Crippen LogP contribution is -2.30. The third-order valence-electron chi connectivity index (χ3n) is 2.80. The molecule has 0 saturated heterocycles. The fraction of sp³-hybridized carbons (Fsp3) is 0.467. The van der Waals surface area contributed by atoms with Gasteiger partial charge in [0.05, 0.1) is 6.54 Å². The maximum Gasteiger partial charge on any atom is 0.407 e. The maximum atomic E-state index is 12.1. The molecule has 0 radical (unpaired) electrons. The van der Waals surface area contributed by atoms with Gasteiger partial charge in [0.15, 0.2) is 5.78 Å². The summed E-state index contributed by atoms with van der Waals surface area (Å²) in [5.74, 6) is -0.695. The van der Waals surface area contributed by atoms with Gasteiger partial charge in [0.2, 0.25) is 6.43 Å². The van der Waals surface area contributed by atoms with Crippen molar-refractivity contribution in [3.05, 3.63) is 35.9 Å². The van der Waals surface area contributed by atoms with E-state index in [9.17, 15) is 18.4 Å². The second-order valence-electron chi connectivity index (χ2n) is 4.89.